The minimum atomic E-state index is -0.0504. The van der Waals surface area contributed by atoms with Crippen molar-refractivity contribution in [1.82, 2.24) is 19.9 Å². The molecule has 0 bridgehead atoms. The van der Waals surface area contributed by atoms with Crippen molar-refractivity contribution in [1.29, 1.82) is 0 Å². The molecule has 7 heteroatoms. The van der Waals surface area contributed by atoms with Crippen LogP contribution in [0.15, 0.2) is 12.3 Å². The lowest BCUT2D eigenvalue weighted by Gasteiger charge is -2.19. The lowest BCUT2D eigenvalue weighted by molar-refractivity contribution is 0.283. The summed E-state index contributed by atoms with van der Waals surface area (Å²) < 4.78 is 1.75. The average molecular weight is 299 g/mol. The Bertz CT molecular complexity index is 573. The second-order valence-corrected chi connectivity index (χ2v) is 5.06. The van der Waals surface area contributed by atoms with E-state index in [4.69, 9.17) is 16.7 Å². The van der Waals surface area contributed by atoms with Crippen LogP contribution in [0.4, 0.5) is 0 Å². The molecule has 3 N–H and O–H groups in total. The van der Waals surface area contributed by atoms with E-state index in [2.05, 4.69) is 15.3 Å². The summed E-state index contributed by atoms with van der Waals surface area (Å²) in [4.78, 5) is 8.16. The van der Waals surface area contributed by atoms with Gasteiger partial charge in [0, 0.05) is 19.3 Å². The Morgan fingerprint density at radius 1 is 1.50 bits per heavy atom. The average Bonchev–Trinajstić information content (AvgIpc) is 2.75. The standard InChI is InChI=1S/C13H19ClN4O2/c1-2-10(8-15-4-3-5-19)18-11-6-9(14)7-16-12(11)17-13(18)20/h6-7,10,15,19H,2-5,8H2,1H3,(H,16,17,20)/t10-/m1/s1. The van der Waals surface area contributed by atoms with E-state index in [1.165, 1.54) is 6.20 Å². The van der Waals surface area contributed by atoms with E-state index in [9.17, 15) is 5.11 Å². The maximum absolute atomic E-state index is 10.0. The zero-order chi connectivity index (χ0) is 14.5. The number of aromatic nitrogens is 3. The van der Waals surface area contributed by atoms with Gasteiger partial charge in [0.1, 0.15) is 0 Å². The van der Waals surface area contributed by atoms with Crippen molar-refractivity contribution in [2.75, 3.05) is 19.7 Å². The van der Waals surface area contributed by atoms with Gasteiger partial charge in [-0.1, -0.05) is 18.5 Å². The third kappa shape index (κ3) is 3.20. The lowest BCUT2D eigenvalue weighted by atomic mass is 10.2. The molecular weight excluding hydrogens is 280 g/mol. The first-order chi connectivity index (χ1) is 9.67. The quantitative estimate of drug-likeness (QED) is 0.678. The maximum atomic E-state index is 10.0. The molecule has 0 unspecified atom stereocenters. The zero-order valence-electron chi connectivity index (χ0n) is 11.4. The van der Waals surface area contributed by atoms with Crippen LogP contribution in [0, 0.1) is 0 Å². The van der Waals surface area contributed by atoms with E-state index in [1.807, 2.05) is 6.92 Å². The molecule has 0 aliphatic carbocycles. The molecule has 110 valence electrons. The summed E-state index contributed by atoms with van der Waals surface area (Å²) in [7, 11) is 0. The van der Waals surface area contributed by atoms with E-state index in [-0.39, 0.29) is 18.7 Å². The van der Waals surface area contributed by atoms with Crippen molar-refractivity contribution in [3.05, 3.63) is 17.3 Å². The van der Waals surface area contributed by atoms with Crippen molar-refractivity contribution >= 4 is 22.8 Å². The van der Waals surface area contributed by atoms with E-state index in [0.717, 1.165) is 18.5 Å². The van der Waals surface area contributed by atoms with E-state index in [1.54, 1.807) is 10.6 Å². The number of imidazole rings is 1. The number of rotatable bonds is 7. The molecular formula is C13H19ClN4O2. The van der Waals surface area contributed by atoms with Crippen LogP contribution in [0.2, 0.25) is 5.02 Å². The number of aliphatic hydroxyl groups excluding tert-OH is 1. The highest BCUT2D eigenvalue weighted by Crippen LogP contribution is 2.27. The Hall–Kier alpha value is -1.37. The number of pyridine rings is 1. The number of aliphatic hydroxyl groups is 1. The molecule has 0 aromatic carbocycles. The molecule has 2 rings (SSSR count). The normalized spacial score (nSPS) is 12.9. The SMILES string of the molecule is CC[C@H](CNCCCO)n1c(O)nc2ncc(Cl)cc21. The minimum Gasteiger partial charge on any atom is -0.480 e. The molecule has 1 atom stereocenters. The first kappa shape index (κ1) is 15.0. The largest absolute Gasteiger partial charge is 0.480 e. The number of nitrogens with zero attached hydrogens (tertiary/aromatic N) is 3. The van der Waals surface area contributed by atoms with Gasteiger partial charge in [-0.3, -0.25) is 4.57 Å². The highest BCUT2D eigenvalue weighted by Gasteiger charge is 2.18. The molecule has 0 radical (unpaired) electrons. The molecule has 0 amide bonds. The van der Waals surface area contributed by atoms with E-state index in [0.29, 0.717) is 23.6 Å². The molecule has 0 spiro atoms. The topological polar surface area (TPSA) is 83.2 Å². The van der Waals surface area contributed by atoms with Crippen molar-refractivity contribution in [2.24, 2.45) is 0 Å². The molecule has 2 aromatic rings. The van der Waals surface area contributed by atoms with Crippen LogP contribution in [0.3, 0.4) is 0 Å². The number of halogens is 1. The number of hydrogen-bond donors (Lipinski definition) is 3. The highest BCUT2D eigenvalue weighted by molar-refractivity contribution is 6.31. The summed E-state index contributed by atoms with van der Waals surface area (Å²) in [6.07, 6.45) is 3.05. The first-order valence-electron chi connectivity index (χ1n) is 6.71. The molecule has 2 aromatic heterocycles. The fraction of sp³-hybridized carbons (Fsp3) is 0.538. The highest BCUT2D eigenvalue weighted by atomic mass is 35.5. The Labute approximate surface area is 122 Å². The van der Waals surface area contributed by atoms with E-state index < -0.39 is 0 Å². The number of nitrogens with one attached hydrogen (secondary N) is 1. The minimum absolute atomic E-state index is 0.0504. The van der Waals surface area contributed by atoms with Crippen LogP contribution < -0.4 is 5.32 Å². The second-order valence-electron chi connectivity index (χ2n) is 4.62. The van der Waals surface area contributed by atoms with Gasteiger partial charge in [0.15, 0.2) is 5.65 Å². The van der Waals surface area contributed by atoms with Crippen molar-refractivity contribution in [2.45, 2.75) is 25.8 Å². The molecule has 0 saturated carbocycles. The van der Waals surface area contributed by atoms with Crippen LogP contribution in [0.25, 0.3) is 11.2 Å². The van der Waals surface area contributed by atoms with Crippen LogP contribution >= 0.6 is 11.6 Å². The third-order valence-corrected chi connectivity index (χ3v) is 3.43. The Morgan fingerprint density at radius 3 is 3.00 bits per heavy atom. The molecule has 0 fully saturated rings. The maximum Gasteiger partial charge on any atom is 0.296 e. The van der Waals surface area contributed by atoms with Gasteiger partial charge >= 0.3 is 0 Å². The summed E-state index contributed by atoms with van der Waals surface area (Å²) in [6.45, 7) is 3.63. The second kappa shape index (κ2) is 6.88. The van der Waals surface area contributed by atoms with Gasteiger partial charge in [-0.15, -0.1) is 0 Å². The van der Waals surface area contributed by atoms with Gasteiger partial charge < -0.3 is 15.5 Å². The lowest BCUT2D eigenvalue weighted by Crippen LogP contribution is -2.26. The summed E-state index contributed by atoms with van der Waals surface area (Å²) in [5.74, 6) is 0. The summed E-state index contributed by atoms with van der Waals surface area (Å²) in [5, 5.41) is 22.6. The Balaban J connectivity index is 2.24. The van der Waals surface area contributed by atoms with Crippen LogP contribution in [-0.4, -0.2) is 44.4 Å². The van der Waals surface area contributed by atoms with Crippen LogP contribution in [0.5, 0.6) is 6.01 Å². The van der Waals surface area contributed by atoms with Crippen molar-refractivity contribution in [3.8, 4) is 6.01 Å². The number of hydrogen-bond acceptors (Lipinski definition) is 5. The van der Waals surface area contributed by atoms with Crippen LogP contribution in [0.1, 0.15) is 25.8 Å². The number of aromatic hydroxyl groups is 1. The molecule has 20 heavy (non-hydrogen) atoms. The van der Waals surface area contributed by atoms with Gasteiger partial charge in [-0.2, -0.15) is 4.98 Å². The molecule has 0 aliphatic rings. The summed E-state index contributed by atoms with van der Waals surface area (Å²) in [6, 6.07) is 1.76. The van der Waals surface area contributed by atoms with Gasteiger partial charge in [-0.05, 0) is 25.5 Å². The van der Waals surface area contributed by atoms with Crippen molar-refractivity contribution < 1.29 is 10.2 Å². The van der Waals surface area contributed by atoms with Gasteiger partial charge in [0.05, 0.1) is 16.6 Å². The fourth-order valence-corrected chi connectivity index (χ4v) is 2.34. The monoisotopic (exact) mass is 298 g/mol. The Morgan fingerprint density at radius 2 is 2.30 bits per heavy atom. The molecule has 0 aliphatic heterocycles. The summed E-state index contributed by atoms with van der Waals surface area (Å²) in [5.41, 5.74) is 1.21. The zero-order valence-corrected chi connectivity index (χ0v) is 12.1. The fourth-order valence-electron chi connectivity index (χ4n) is 2.19. The number of fused-ring (bicyclic) bond motifs is 1. The molecule has 0 saturated heterocycles. The molecule has 6 nitrogen and oxygen atoms in total. The third-order valence-electron chi connectivity index (χ3n) is 3.22. The first-order valence-corrected chi connectivity index (χ1v) is 7.09. The van der Waals surface area contributed by atoms with Gasteiger partial charge in [0.25, 0.3) is 6.01 Å². The summed E-state index contributed by atoms with van der Waals surface area (Å²) >= 11 is 5.96. The van der Waals surface area contributed by atoms with Crippen molar-refractivity contribution in [3.63, 3.8) is 0 Å². The van der Waals surface area contributed by atoms with Crippen LogP contribution in [-0.2, 0) is 0 Å². The predicted octanol–water partition coefficient (Wildman–Crippen LogP) is 1.71. The van der Waals surface area contributed by atoms with Gasteiger partial charge in [0.2, 0.25) is 0 Å². The van der Waals surface area contributed by atoms with E-state index >= 15 is 0 Å². The Kier molecular flexibility index (Phi) is 5.17. The van der Waals surface area contributed by atoms with Gasteiger partial charge in [-0.25, -0.2) is 4.98 Å². The molecule has 2 heterocycles. The smallest absolute Gasteiger partial charge is 0.296 e. The predicted molar refractivity (Wildman–Crippen MR) is 78.1 cm³/mol.